The second-order valence-corrected chi connectivity index (χ2v) is 7.53. The molecule has 0 saturated heterocycles. The molecule has 1 atom stereocenters. The topological polar surface area (TPSA) is 44.6 Å². The van der Waals surface area contributed by atoms with Crippen LogP contribution in [-0.2, 0) is 13.6 Å². The number of benzene rings is 1. The predicted octanol–water partition coefficient (Wildman–Crippen LogP) is 3.16. The number of aryl methyl sites for hydroxylation is 1. The largest absolute Gasteiger partial charge is 0.354 e. The van der Waals surface area contributed by atoms with Crippen LogP contribution in [-0.4, -0.2) is 41.6 Å². The van der Waals surface area contributed by atoms with Gasteiger partial charge in [0.05, 0.1) is 6.54 Å². The molecule has 0 spiro atoms. The smallest absolute Gasteiger partial charge is 0.193 e. The molecule has 1 aromatic heterocycles. The van der Waals surface area contributed by atoms with Gasteiger partial charge in [0.15, 0.2) is 5.96 Å². The van der Waals surface area contributed by atoms with Crippen LogP contribution in [0.15, 0.2) is 53.7 Å². The monoisotopic (exact) mass is 355 g/mol. The molecule has 5 heteroatoms. The van der Waals surface area contributed by atoms with Gasteiger partial charge < -0.3 is 20.1 Å². The second kappa shape index (κ2) is 8.90. The summed E-state index contributed by atoms with van der Waals surface area (Å²) in [5.41, 5.74) is 2.48. The molecule has 5 nitrogen and oxygen atoms in total. The predicted molar refractivity (Wildman–Crippen MR) is 110 cm³/mol. The lowest BCUT2D eigenvalue weighted by Crippen LogP contribution is -2.52. The summed E-state index contributed by atoms with van der Waals surface area (Å²) >= 11 is 0. The average Bonchev–Trinajstić information content (AvgIpc) is 3.00. The Balaban J connectivity index is 1.90. The number of nitrogens with one attached hydrogen (secondary N) is 2. The number of aromatic nitrogens is 1. The number of hydrogen-bond donors (Lipinski definition) is 2. The molecule has 142 valence electrons. The maximum absolute atomic E-state index is 4.43. The quantitative estimate of drug-likeness (QED) is 0.592. The van der Waals surface area contributed by atoms with E-state index in [-0.39, 0.29) is 11.6 Å². The third-order valence-corrected chi connectivity index (χ3v) is 4.62. The van der Waals surface area contributed by atoms with Gasteiger partial charge in [0.1, 0.15) is 0 Å². The van der Waals surface area contributed by atoms with Crippen molar-refractivity contribution in [3.05, 3.63) is 59.9 Å². The van der Waals surface area contributed by atoms with Gasteiger partial charge in [-0.1, -0.05) is 30.3 Å². The van der Waals surface area contributed by atoms with Crippen molar-refractivity contribution < 1.29 is 0 Å². The van der Waals surface area contributed by atoms with E-state index in [1.807, 2.05) is 7.05 Å². The molecule has 0 saturated carbocycles. The molecule has 1 aromatic carbocycles. The minimum atomic E-state index is -0.0724. The molecule has 0 amide bonds. The van der Waals surface area contributed by atoms with E-state index in [0.717, 1.165) is 19.0 Å². The van der Waals surface area contributed by atoms with Gasteiger partial charge in [0, 0.05) is 51.2 Å². The van der Waals surface area contributed by atoms with Gasteiger partial charge >= 0.3 is 0 Å². The van der Waals surface area contributed by atoms with Gasteiger partial charge in [-0.25, -0.2) is 0 Å². The summed E-state index contributed by atoms with van der Waals surface area (Å²) in [6, 6.07) is 15.0. The number of aliphatic imine (C=N–C) groups is 1. The lowest BCUT2D eigenvalue weighted by molar-refractivity contribution is 0.338. The lowest BCUT2D eigenvalue weighted by Gasteiger charge is -2.32. The minimum absolute atomic E-state index is 0.0724. The number of nitrogens with zero attached hydrogens (tertiary/aromatic N) is 3. The van der Waals surface area contributed by atoms with Crippen LogP contribution in [0.3, 0.4) is 0 Å². The Kier molecular flexibility index (Phi) is 6.86. The van der Waals surface area contributed by atoms with Crippen molar-refractivity contribution in [2.24, 2.45) is 12.0 Å². The van der Waals surface area contributed by atoms with Gasteiger partial charge in [-0.2, -0.15) is 0 Å². The van der Waals surface area contributed by atoms with Crippen molar-refractivity contribution in [3.63, 3.8) is 0 Å². The normalized spacial score (nSPS) is 13.5. The fourth-order valence-electron chi connectivity index (χ4n) is 3.13. The van der Waals surface area contributed by atoms with E-state index in [1.54, 1.807) is 0 Å². The highest BCUT2D eigenvalue weighted by Crippen LogP contribution is 2.15. The van der Waals surface area contributed by atoms with Crippen molar-refractivity contribution in [2.75, 3.05) is 20.6 Å². The van der Waals surface area contributed by atoms with E-state index in [1.165, 1.54) is 11.3 Å². The van der Waals surface area contributed by atoms with E-state index in [2.05, 4.69) is 109 Å². The molecule has 0 aliphatic rings. The molecule has 1 heterocycles. The summed E-state index contributed by atoms with van der Waals surface area (Å²) in [4.78, 5) is 6.58. The fourth-order valence-corrected chi connectivity index (χ4v) is 3.13. The van der Waals surface area contributed by atoms with Crippen molar-refractivity contribution in [2.45, 2.75) is 38.9 Å². The molecule has 0 aliphatic heterocycles. The molecular weight excluding hydrogens is 322 g/mol. The summed E-state index contributed by atoms with van der Waals surface area (Å²) in [5, 5.41) is 7.21. The van der Waals surface area contributed by atoms with Crippen LogP contribution in [0.4, 0.5) is 0 Å². The Morgan fingerprint density at radius 2 is 1.88 bits per heavy atom. The van der Waals surface area contributed by atoms with E-state index in [4.69, 9.17) is 0 Å². The van der Waals surface area contributed by atoms with Crippen molar-refractivity contribution in [1.82, 2.24) is 20.1 Å². The van der Waals surface area contributed by atoms with E-state index in [0.29, 0.717) is 0 Å². The molecule has 0 bridgehead atoms. The van der Waals surface area contributed by atoms with Crippen LogP contribution < -0.4 is 10.6 Å². The zero-order valence-electron chi connectivity index (χ0n) is 17.0. The molecule has 0 aliphatic carbocycles. The third kappa shape index (κ3) is 5.63. The standard InChI is InChI=1S/C21H33N5/c1-17(18-11-8-7-9-12-18)24-21(2,3)16-23-20(22-4)26(6)15-19-13-10-14-25(19)5/h7-14,17,24H,15-16H2,1-6H3,(H,22,23). The number of hydrogen-bond acceptors (Lipinski definition) is 2. The first kappa shape index (κ1) is 20.0. The zero-order chi connectivity index (χ0) is 19.2. The molecule has 1 unspecified atom stereocenters. The number of guanidine groups is 1. The molecule has 0 radical (unpaired) electrons. The van der Waals surface area contributed by atoms with E-state index < -0.39 is 0 Å². The van der Waals surface area contributed by atoms with Crippen LogP contribution in [0, 0.1) is 0 Å². The van der Waals surface area contributed by atoms with Gasteiger partial charge in [0.25, 0.3) is 0 Å². The summed E-state index contributed by atoms with van der Waals surface area (Å²) in [5.74, 6) is 0.897. The lowest BCUT2D eigenvalue weighted by atomic mass is 10.0. The van der Waals surface area contributed by atoms with Crippen molar-refractivity contribution >= 4 is 5.96 Å². The first-order valence-corrected chi connectivity index (χ1v) is 9.17. The van der Waals surface area contributed by atoms with Crippen LogP contribution in [0.25, 0.3) is 0 Å². The first-order valence-electron chi connectivity index (χ1n) is 9.17. The molecular formula is C21H33N5. The van der Waals surface area contributed by atoms with Crippen LogP contribution in [0.1, 0.15) is 38.1 Å². The molecule has 2 aromatic rings. The maximum Gasteiger partial charge on any atom is 0.193 e. The Hall–Kier alpha value is -2.27. The molecule has 2 rings (SSSR count). The van der Waals surface area contributed by atoms with E-state index in [9.17, 15) is 0 Å². The third-order valence-electron chi connectivity index (χ3n) is 4.62. The van der Waals surface area contributed by atoms with Crippen LogP contribution in [0.2, 0.25) is 0 Å². The molecule has 26 heavy (non-hydrogen) atoms. The summed E-state index contributed by atoms with van der Waals surface area (Å²) < 4.78 is 2.14. The van der Waals surface area contributed by atoms with Gasteiger partial charge in [0.2, 0.25) is 0 Å². The zero-order valence-corrected chi connectivity index (χ0v) is 17.0. The summed E-state index contributed by atoms with van der Waals surface area (Å²) in [7, 11) is 5.96. The maximum atomic E-state index is 4.43. The Morgan fingerprint density at radius 3 is 2.46 bits per heavy atom. The van der Waals surface area contributed by atoms with Gasteiger partial charge in [-0.05, 0) is 38.5 Å². The van der Waals surface area contributed by atoms with E-state index >= 15 is 0 Å². The average molecular weight is 356 g/mol. The minimum Gasteiger partial charge on any atom is -0.354 e. The summed E-state index contributed by atoms with van der Waals surface area (Å²) in [6.45, 7) is 8.23. The highest BCUT2D eigenvalue weighted by atomic mass is 15.3. The Morgan fingerprint density at radius 1 is 1.19 bits per heavy atom. The first-order chi connectivity index (χ1) is 12.3. The number of rotatable bonds is 7. The van der Waals surface area contributed by atoms with Crippen LogP contribution >= 0.6 is 0 Å². The highest BCUT2D eigenvalue weighted by Gasteiger charge is 2.22. The fraction of sp³-hybridized carbons (Fsp3) is 0.476. The molecule has 2 N–H and O–H groups in total. The van der Waals surface area contributed by atoms with Crippen molar-refractivity contribution in [1.29, 1.82) is 0 Å². The van der Waals surface area contributed by atoms with Gasteiger partial charge in [-0.3, -0.25) is 4.99 Å². The Labute approximate surface area is 158 Å². The second-order valence-electron chi connectivity index (χ2n) is 7.53. The highest BCUT2D eigenvalue weighted by molar-refractivity contribution is 5.79. The van der Waals surface area contributed by atoms with Gasteiger partial charge in [-0.15, -0.1) is 0 Å². The SMILES string of the molecule is CN=C(NCC(C)(C)NC(C)c1ccccc1)N(C)Cc1cccn1C. The molecule has 0 fully saturated rings. The van der Waals surface area contributed by atoms with Crippen molar-refractivity contribution in [3.8, 4) is 0 Å². The summed E-state index contributed by atoms with van der Waals surface area (Å²) in [6.07, 6.45) is 2.07. The Bertz CT molecular complexity index is 702. The van der Waals surface area contributed by atoms with Crippen LogP contribution in [0.5, 0.6) is 0 Å².